The number of rotatable bonds is 12. The van der Waals surface area contributed by atoms with Gasteiger partial charge in [-0.3, -0.25) is 9.59 Å². The molecule has 1 saturated heterocycles. The molecule has 1 atom stereocenters. The lowest BCUT2D eigenvalue weighted by Gasteiger charge is -2.34. The van der Waals surface area contributed by atoms with Gasteiger partial charge in [0.15, 0.2) is 0 Å². The molecule has 0 unspecified atom stereocenters. The summed E-state index contributed by atoms with van der Waals surface area (Å²) in [4.78, 5) is 37.8. The number of nitrogens with one attached hydrogen (secondary N) is 2. The van der Waals surface area contributed by atoms with Gasteiger partial charge in [0, 0.05) is 55.9 Å². The van der Waals surface area contributed by atoms with Crippen molar-refractivity contribution >= 4 is 33.5 Å². The van der Waals surface area contributed by atoms with Crippen molar-refractivity contribution in [1.82, 2.24) is 19.6 Å². The first-order chi connectivity index (χ1) is 19.8. The van der Waals surface area contributed by atoms with Gasteiger partial charge in [0.25, 0.3) is 5.91 Å². The van der Waals surface area contributed by atoms with E-state index in [2.05, 4.69) is 24.9 Å². The average Bonchev–Trinajstić information content (AvgIpc) is 3.81. The van der Waals surface area contributed by atoms with E-state index in [1.807, 2.05) is 12.1 Å². The Morgan fingerprint density at radius 3 is 2.22 bits per heavy atom. The van der Waals surface area contributed by atoms with Gasteiger partial charge in [-0.05, 0) is 74.1 Å². The van der Waals surface area contributed by atoms with Crippen molar-refractivity contribution in [3.8, 4) is 0 Å². The number of carbonyl (C=O) groups excluding carboxylic acids is 1. The van der Waals surface area contributed by atoms with Crippen molar-refractivity contribution in [2.45, 2.75) is 42.7 Å². The summed E-state index contributed by atoms with van der Waals surface area (Å²) in [7, 11) is -4.08. The van der Waals surface area contributed by atoms with E-state index in [1.165, 1.54) is 17.0 Å². The highest BCUT2D eigenvalue weighted by atomic mass is 32.2. The number of carbonyl (C=O) groups is 2. The lowest BCUT2D eigenvalue weighted by molar-refractivity contribution is -0.139. The highest BCUT2D eigenvalue weighted by molar-refractivity contribution is 7.89. The number of piperidine rings is 1. The quantitative estimate of drug-likeness (QED) is 0.295. The molecular weight excluding hydrogens is 544 g/mol. The Hall–Kier alpha value is -4.03. The van der Waals surface area contributed by atoms with E-state index in [1.54, 1.807) is 48.8 Å². The van der Waals surface area contributed by atoms with E-state index in [4.69, 9.17) is 0 Å². The number of carboxylic acids is 1. The molecule has 1 aliphatic heterocycles. The third-order valence-corrected chi connectivity index (χ3v) is 8.88. The molecular formula is C29H34N6O5S. The van der Waals surface area contributed by atoms with E-state index in [9.17, 15) is 23.1 Å². The average molecular weight is 579 g/mol. The van der Waals surface area contributed by atoms with E-state index >= 15 is 0 Å². The summed E-state index contributed by atoms with van der Waals surface area (Å²) in [5, 5.41) is 13.2. The third-order valence-electron chi connectivity index (χ3n) is 7.39. The van der Waals surface area contributed by atoms with Crippen LogP contribution < -0.4 is 14.9 Å². The van der Waals surface area contributed by atoms with Gasteiger partial charge in [-0.15, -0.1) is 0 Å². The molecule has 41 heavy (non-hydrogen) atoms. The second-order valence-corrected chi connectivity index (χ2v) is 12.2. The molecule has 216 valence electrons. The standard InChI is InChI=1S/C29H34N6O5S/c36-27(22-9-11-24(12-10-22)34-17-13-23(14-18-34)32-29-30-15-4-16-31-29)35(19-21-7-8-21)20-26(28(37)38)33-41(39,40)25-5-2-1-3-6-25/h1-6,9-12,15-16,21,23,26,33H,7-8,13-14,17-20H2,(H,37,38)(H,30,31,32)/t26-/m0/s1. The minimum Gasteiger partial charge on any atom is -0.480 e. The molecule has 11 nitrogen and oxygen atoms in total. The van der Waals surface area contributed by atoms with Gasteiger partial charge in [-0.25, -0.2) is 18.4 Å². The zero-order valence-corrected chi connectivity index (χ0v) is 23.4. The van der Waals surface area contributed by atoms with Gasteiger partial charge in [0.2, 0.25) is 16.0 Å². The third kappa shape index (κ3) is 7.59. The van der Waals surface area contributed by atoms with Crippen LogP contribution in [-0.2, 0) is 14.8 Å². The zero-order chi connectivity index (χ0) is 28.8. The highest BCUT2D eigenvalue weighted by Crippen LogP contribution is 2.30. The number of anilines is 2. The van der Waals surface area contributed by atoms with Gasteiger partial charge in [-0.1, -0.05) is 18.2 Å². The molecule has 3 N–H and O–H groups in total. The van der Waals surface area contributed by atoms with E-state index in [-0.39, 0.29) is 29.3 Å². The number of hydrogen-bond donors (Lipinski definition) is 3. The number of aromatic nitrogens is 2. The van der Waals surface area contributed by atoms with Crippen molar-refractivity contribution in [3.05, 3.63) is 78.6 Å². The number of aliphatic carboxylic acids is 1. The Balaban J connectivity index is 1.22. The molecule has 1 amide bonds. The van der Waals surface area contributed by atoms with Crippen molar-refractivity contribution < 1.29 is 23.1 Å². The molecule has 0 radical (unpaired) electrons. The predicted octanol–water partition coefficient (Wildman–Crippen LogP) is 2.84. The first-order valence-corrected chi connectivity index (χ1v) is 15.2. The van der Waals surface area contributed by atoms with Crippen molar-refractivity contribution in [2.24, 2.45) is 5.92 Å². The Kier molecular flexibility index (Phi) is 8.79. The fraction of sp³-hybridized carbons (Fsp3) is 0.379. The Morgan fingerprint density at radius 1 is 0.951 bits per heavy atom. The number of nitrogens with zero attached hydrogens (tertiary/aromatic N) is 4. The summed E-state index contributed by atoms with van der Waals surface area (Å²) in [5.74, 6) is -0.748. The molecule has 2 aromatic carbocycles. The van der Waals surface area contributed by atoms with Crippen LogP contribution in [0.15, 0.2) is 78.0 Å². The topological polar surface area (TPSA) is 145 Å². The van der Waals surface area contributed by atoms with Gasteiger partial charge in [0.1, 0.15) is 6.04 Å². The Bertz CT molecular complexity index is 1430. The smallest absolute Gasteiger partial charge is 0.323 e. The Labute approximate surface area is 239 Å². The number of hydrogen-bond acceptors (Lipinski definition) is 8. The number of sulfonamides is 1. The van der Waals surface area contributed by atoms with Crippen LogP contribution in [0.25, 0.3) is 0 Å². The number of benzene rings is 2. The number of carboxylic acid groups (broad SMARTS) is 1. The minimum atomic E-state index is -4.08. The van der Waals surface area contributed by atoms with Crippen LogP contribution in [0.3, 0.4) is 0 Å². The van der Waals surface area contributed by atoms with Crippen LogP contribution in [-0.4, -0.2) is 78.5 Å². The second kappa shape index (κ2) is 12.6. The van der Waals surface area contributed by atoms with Crippen LogP contribution in [0.4, 0.5) is 11.6 Å². The van der Waals surface area contributed by atoms with Crippen LogP contribution >= 0.6 is 0 Å². The highest BCUT2D eigenvalue weighted by Gasteiger charge is 2.33. The molecule has 1 aliphatic carbocycles. The molecule has 1 saturated carbocycles. The maximum absolute atomic E-state index is 13.5. The largest absolute Gasteiger partial charge is 0.480 e. The lowest BCUT2D eigenvalue weighted by Crippen LogP contribution is -2.50. The molecule has 12 heteroatoms. The van der Waals surface area contributed by atoms with Crippen molar-refractivity contribution in [1.29, 1.82) is 0 Å². The molecule has 0 bridgehead atoms. The molecule has 1 aromatic heterocycles. The summed E-state index contributed by atoms with van der Waals surface area (Å²) in [6.07, 6.45) is 7.18. The first kappa shape index (κ1) is 28.5. The van der Waals surface area contributed by atoms with E-state index < -0.39 is 22.0 Å². The normalized spacial score (nSPS) is 16.6. The monoisotopic (exact) mass is 578 g/mol. The first-order valence-electron chi connectivity index (χ1n) is 13.8. The van der Waals surface area contributed by atoms with E-state index in [0.29, 0.717) is 18.1 Å². The zero-order valence-electron chi connectivity index (χ0n) is 22.6. The van der Waals surface area contributed by atoms with Crippen LogP contribution in [0, 0.1) is 5.92 Å². The van der Waals surface area contributed by atoms with Gasteiger partial charge < -0.3 is 20.2 Å². The summed E-state index contributed by atoms with van der Waals surface area (Å²) < 4.78 is 27.9. The Morgan fingerprint density at radius 2 is 1.61 bits per heavy atom. The van der Waals surface area contributed by atoms with Gasteiger partial charge in [-0.2, -0.15) is 4.72 Å². The molecule has 2 aliphatic rings. The van der Waals surface area contributed by atoms with Gasteiger partial charge >= 0.3 is 5.97 Å². The molecule has 2 heterocycles. The summed E-state index contributed by atoms with van der Waals surface area (Å²) >= 11 is 0. The SMILES string of the molecule is O=C(O)[C@H](CN(CC1CC1)C(=O)c1ccc(N2CCC(Nc3ncccn3)CC2)cc1)NS(=O)(=O)c1ccccc1. The maximum atomic E-state index is 13.5. The molecule has 3 aromatic rings. The molecule has 5 rings (SSSR count). The minimum absolute atomic E-state index is 0.0323. The van der Waals surface area contributed by atoms with E-state index in [0.717, 1.165) is 44.5 Å². The number of amides is 1. The van der Waals surface area contributed by atoms with Crippen LogP contribution in [0.5, 0.6) is 0 Å². The molecule has 2 fully saturated rings. The summed E-state index contributed by atoms with van der Waals surface area (Å²) in [5.41, 5.74) is 1.44. The van der Waals surface area contributed by atoms with Crippen molar-refractivity contribution in [2.75, 3.05) is 36.4 Å². The maximum Gasteiger partial charge on any atom is 0.323 e. The second-order valence-electron chi connectivity index (χ2n) is 10.5. The fourth-order valence-electron chi connectivity index (χ4n) is 4.93. The molecule has 0 spiro atoms. The fourth-order valence-corrected chi connectivity index (χ4v) is 6.13. The van der Waals surface area contributed by atoms with Crippen LogP contribution in [0.1, 0.15) is 36.0 Å². The van der Waals surface area contributed by atoms with Gasteiger partial charge in [0.05, 0.1) is 4.90 Å². The van der Waals surface area contributed by atoms with Crippen molar-refractivity contribution in [3.63, 3.8) is 0 Å². The summed E-state index contributed by atoms with van der Waals surface area (Å²) in [6.45, 7) is 1.79. The summed E-state index contributed by atoms with van der Waals surface area (Å²) in [6, 6.07) is 15.5. The lowest BCUT2D eigenvalue weighted by atomic mass is 10.0. The predicted molar refractivity (Wildman–Crippen MR) is 154 cm³/mol. The van der Waals surface area contributed by atoms with Crippen LogP contribution in [0.2, 0.25) is 0 Å².